The van der Waals surface area contributed by atoms with Gasteiger partial charge in [-0.1, -0.05) is 12.1 Å². The molecule has 1 aromatic carbocycles. The summed E-state index contributed by atoms with van der Waals surface area (Å²) < 4.78 is 5.57. The van der Waals surface area contributed by atoms with Crippen molar-refractivity contribution in [2.45, 2.75) is 58.1 Å². The van der Waals surface area contributed by atoms with Gasteiger partial charge < -0.3 is 4.74 Å². The Kier molecular flexibility index (Phi) is 4.46. The number of nitriles is 1. The molecular formula is C18H24N2O2. The van der Waals surface area contributed by atoms with Crippen LogP contribution in [-0.4, -0.2) is 23.1 Å². The fourth-order valence-electron chi connectivity index (χ4n) is 2.93. The molecule has 0 bridgehead atoms. The first-order valence-electron chi connectivity index (χ1n) is 7.77. The number of hydrogen-bond acceptors (Lipinski definition) is 3. The molecule has 0 spiro atoms. The molecule has 0 aromatic heterocycles. The van der Waals surface area contributed by atoms with Crippen LogP contribution < -0.4 is 0 Å². The summed E-state index contributed by atoms with van der Waals surface area (Å²) in [6.07, 6.45) is 2.71. The fourth-order valence-corrected chi connectivity index (χ4v) is 2.93. The van der Waals surface area contributed by atoms with E-state index in [9.17, 15) is 4.79 Å². The van der Waals surface area contributed by atoms with Gasteiger partial charge in [-0.05, 0) is 64.7 Å². The number of hydrogen-bond donors (Lipinski definition) is 0. The van der Waals surface area contributed by atoms with Crippen LogP contribution in [0.25, 0.3) is 0 Å². The van der Waals surface area contributed by atoms with E-state index in [2.05, 4.69) is 13.0 Å². The molecule has 1 saturated heterocycles. The van der Waals surface area contributed by atoms with Crippen molar-refractivity contribution in [1.29, 1.82) is 5.26 Å². The van der Waals surface area contributed by atoms with Gasteiger partial charge in [-0.2, -0.15) is 5.26 Å². The minimum absolute atomic E-state index is 0.265. The maximum atomic E-state index is 12.6. The Hall–Kier alpha value is -2.02. The summed E-state index contributed by atoms with van der Waals surface area (Å²) in [5.74, 6) is 0. The van der Waals surface area contributed by atoms with Gasteiger partial charge in [-0.25, -0.2) is 4.79 Å². The van der Waals surface area contributed by atoms with Gasteiger partial charge in [0.1, 0.15) is 5.60 Å². The summed E-state index contributed by atoms with van der Waals surface area (Å²) in [7, 11) is 0. The predicted octanol–water partition coefficient (Wildman–Crippen LogP) is 4.19. The number of carbonyl (C=O) groups is 1. The zero-order valence-corrected chi connectivity index (χ0v) is 13.8. The average Bonchev–Trinajstić information content (AvgIpc) is 2.46. The SMILES string of the molecule is CC(C)(C)OC(=O)N1CCCCC1(C)c1ccc(C#N)cc1. The highest BCUT2D eigenvalue weighted by Gasteiger charge is 2.40. The molecule has 1 amide bonds. The lowest BCUT2D eigenvalue weighted by Crippen LogP contribution is -2.52. The molecule has 2 rings (SSSR count). The quantitative estimate of drug-likeness (QED) is 0.781. The largest absolute Gasteiger partial charge is 0.444 e. The van der Waals surface area contributed by atoms with Gasteiger partial charge in [-0.3, -0.25) is 4.90 Å². The number of likely N-dealkylation sites (tertiary alicyclic amines) is 1. The average molecular weight is 300 g/mol. The molecule has 4 nitrogen and oxygen atoms in total. The van der Waals surface area contributed by atoms with E-state index in [0.29, 0.717) is 12.1 Å². The molecular weight excluding hydrogens is 276 g/mol. The van der Waals surface area contributed by atoms with Crippen LogP contribution >= 0.6 is 0 Å². The van der Waals surface area contributed by atoms with Crippen LogP contribution in [0.15, 0.2) is 24.3 Å². The molecule has 1 aliphatic rings. The zero-order valence-electron chi connectivity index (χ0n) is 13.8. The number of piperidine rings is 1. The van der Waals surface area contributed by atoms with E-state index in [-0.39, 0.29) is 11.6 Å². The van der Waals surface area contributed by atoms with E-state index in [1.54, 1.807) is 0 Å². The molecule has 1 heterocycles. The Bertz CT molecular complexity index is 581. The van der Waals surface area contributed by atoms with Gasteiger partial charge in [0.2, 0.25) is 0 Å². The number of amides is 1. The molecule has 1 aromatic rings. The lowest BCUT2D eigenvalue weighted by molar-refractivity contribution is -0.0125. The van der Waals surface area contributed by atoms with E-state index in [0.717, 1.165) is 24.8 Å². The normalized spacial score (nSPS) is 22.0. The Morgan fingerprint density at radius 1 is 1.27 bits per heavy atom. The van der Waals surface area contributed by atoms with Gasteiger partial charge in [0.15, 0.2) is 0 Å². The van der Waals surface area contributed by atoms with Crippen molar-refractivity contribution in [2.24, 2.45) is 0 Å². The lowest BCUT2D eigenvalue weighted by atomic mass is 9.82. The molecule has 0 aliphatic carbocycles. The first-order valence-corrected chi connectivity index (χ1v) is 7.77. The molecule has 1 atom stereocenters. The molecule has 0 radical (unpaired) electrons. The molecule has 1 unspecified atom stereocenters. The molecule has 0 saturated carbocycles. The third kappa shape index (κ3) is 3.41. The van der Waals surface area contributed by atoms with Crippen LogP contribution in [0.2, 0.25) is 0 Å². The van der Waals surface area contributed by atoms with Gasteiger partial charge in [-0.15, -0.1) is 0 Å². The zero-order chi connectivity index (χ0) is 16.4. The second kappa shape index (κ2) is 6.00. The van der Waals surface area contributed by atoms with E-state index in [1.807, 2.05) is 49.9 Å². The van der Waals surface area contributed by atoms with Crippen LogP contribution in [0.4, 0.5) is 4.79 Å². The third-order valence-electron chi connectivity index (χ3n) is 4.14. The third-order valence-corrected chi connectivity index (χ3v) is 4.14. The highest BCUT2D eigenvalue weighted by atomic mass is 16.6. The van der Waals surface area contributed by atoms with Gasteiger partial charge in [0.05, 0.1) is 17.2 Å². The smallest absolute Gasteiger partial charge is 0.411 e. The molecule has 1 aliphatic heterocycles. The molecule has 1 fully saturated rings. The topological polar surface area (TPSA) is 53.3 Å². The maximum Gasteiger partial charge on any atom is 0.411 e. The van der Waals surface area contributed by atoms with Crippen molar-refractivity contribution in [3.05, 3.63) is 35.4 Å². The Morgan fingerprint density at radius 3 is 2.45 bits per heavy atom. The monoisotopic (exact) mass is 300 g/mol. The highest BCUT2D eigenvalue weighted by Crippen LogP contribution is 2.38. The lowest BCUT2D eigenvalue weighted by Gasteiger charge is -2.45. The van der Waals surface area contributed by atoms with Crippen molar-refractivity contribution < 1.29 is 9.53 Å². The summed E-state index contributed by atoms with van der Waals surface area (Å²) in [6, 6.07) is 9.64. The number of nitrogens with zero attached hydrogens (tertiary/aromatic N) is 2. The Morgan fingerprint density at radius 2 is 1.91 bits per heavy atom. The van der Waals surface area contributed by atoms with Crippen LogP contribution in [0, 0.1) is 11.3 Å². The van der Waals surface area contributed by atoms with Crippen LogP contribution in [0.1, 0.15) is 58.1 Å². The van der Waals surface area contributed by atoms with Crippen LogP contribution in [-0.2, 0) is 10.3 Å². The standard InChI is InChI=1S/C18H24N2O2/c1-17(2,3)22-16(21)20-12-6-5-11-18(20,4)15-9-7-14(13-19)8-10-15/h7-10H,5-6,11-12H2,1-4H3. The van der Waals surface area contributed by atoms with E-state index in [4.69, 9.17) is 10.00 Å². The number of rotatable bonds is 1. The molecule has 22 heavy (non-hydrogen) atoms. The summed E-state index contributed by atoms with van der Waals surface area (Å²) in [5.41, 5.74) is 0.804. The highest BCUT2D eigenvalue weighted by molar-refractivity contribution is 5.70. The predicted molar refractivity (Wildman–Crippen MR) is 85.3 cm³/mol. The van der Waals surface area contributed by atoms with Gasteiger partial charge >= 0.3 is 6.09 Å². The number of benzene rings is 1. The second-order valence-electron chi connectivity index (χ2n) is 7.05. The minimum Gasteiger partial charge on any atom is -0.444 e. The summed E-state index contributed by atoms with van der Waals surface area (Å²) in [4.78, 5) is 14.4. The van der Waals surface area contributed by atoms with Crippen molar-refractivity contribution in [2.75, 3.05) is 6.54 Å². The number of carbonyl (C=O) groups excluding carboxylic acids is 1. The van der Waals surface area contributed by atoms with E-state index < -0.39 is 5.60 Å². The van der Waals surface area contributed by atoms with Crippen LogP contribution in [0.3, 0.4) is 0 Å². The molecule has 118 valence electrons. The Balaban J connectivity index is 2.31. The van der Waals surface area contributed by atoms with Gasteiger partial charge in [0.25, 0.3) is 0 Å². The summed E-state index contributed by atoms with van der Waals surface area (Å²) in [6.45, 7) is 8.43. The molecule has 0 N–H and O–H groups in total. The summed E-state index contributed by atoms with van der Waals surface area (Å²) in [5, 5.41) is 8.94. The van der Waals surface area contributed by atoms with Gasteiger partial charge in [0, 0.05) is 6.54 Å². The van der Waals surface area contributed by atoms with Crippen molar-refractivity contribution in [1.82, 2.24) is 4.90 Å². The maximum absolute atomic E-state index is 12.6. The number of ether oxygens (including phenoxy) is 1. The van der Waals surface area contributed by atoms with E-state index >= 15 is 0 Å². The Labute approximate surface area is 132 Å². The van der Waals surface area contributed by atoms with Crippen LogP contribution in [0.5, 0.6) is 0 Å². The van der Waals surface area contributed by atoms with Crippen molar-refractivity contribution in [3.8, 4) is 6.07 Å². The minimum atomic E-state index is -0.500. The van der Waals surface area contributed by atoms with E-state index in [1.165, 1.54) is 0 Å². The summed E-state index contributed by atoms with van der Waals surface area (Å²) >= 11 is 0. The van der Waals surface area contributed by atoms with Crippen molar-refractivity contribution in [3.63, 3.8) is 0 Å². The second-order valence-corrected chi connectivity index (χ2v) is 7.05. The first-order chi connectivity index (χ1) is 10.3. The molecule has 4 heteroatoms. The first kappa shape index (κ1) is 16.4. The fraction of sp³-hybridized carbons (Fsp3) is 0.556. The van der Waals surface area contributed by atoms with Crippen molar-refractivity contribution >= 4 is 6.09 Å².